The number of benzene rings is 2. The number of quaternary nitrogens is 1. The molecule has 0 amide bonds. The van der Waals surface area contributed by atoms with Gasteiger partial charge in [0.25, 0.3) is 5.56 Å². The lowest BCUT2D eigenvalue weighted by atomic mass is 9.99. The highest BCUT2D eigenvalue weighted by atomic mass is 16.5. The number of nitrogens with two attached hydrogens (primary N) is 1. The van der Waals surface area contributed by atoms with Crippen LogP contribution in [0.3, 0.4) is 0 Å². The van der Waals surface area contributed by atoms with E-state index in [0.29, 0.717) is 11.0 Å². The number of aryl methyl sites for hydroxylation is 1. The molecule has 142 valence electrons. The van der Waals surface area contributed by atoms with E-state index in [2.05, 4.69) is 24.4 Å². The highest BCUT2D eigenvalue weighted by Crippen LogP contribution is 2.34. The molecule has 0 saturated carbocycles. The third-order valence-corrected chi connectivity index (χ3v) is 5.92. The Hall–Kier alpha value is -3.05. The molecule has 2 aliphatic rings. The molecule has 0 spiro atoms. The van der Waals surface area contributed by atoms with Gasteiger partial charge in [0.1, 0.15) is 17.2 Å². The molecular formula is C23H24N3O2+. The number of anilines is 1. The van der Waals surface area contributed by atoms with Crippen molar-refractivity contribution in [1.29, 1.82) is 0 Å². The lowest BCUT2D eigenvalue weighted by Crippen LogP contribution is -2.84. The topological polar surface area (TPSA) is 51.1 Å². The number of ether oxygens (including phenoxy) is 1. The Morgan fingerprint density at radius 2 is 2.00 bits per heavy atom. The van der Waals surface area contributed by atoms with Crippen LogP contribution in [0.15, 0.2) is 35.1 Å². The van der Waals surface area contributed by atoms with E-state index < -0.39 is 0 Å². The standard InChI is InChI=1S/C23H23N3O2/c1-13-17-12-20-18(9-14(17)7-8-24-13)22-19(23(27)26(20)4)10-15-5-6-16(25(2)3)11-21(15)28-22/h5-6,9-12,24H,7-8H2,1-4H3/p+1. The van der Waals surface area contributed by atoms with Gasteiger partial charge in [0.2, 0.25) is 0 Å². The molecule has 5 heteroatoms. The average Bonchev–Trinajstić information content (AvgIpc) is 2.70. The first-order chi connectivity index (χ1) is 13.4. The van der Waals surface area contributed by atoms with Gasteiger partial charge in [-0.1, -0.05) is 0 Å². The van der Waals surface area contributed by atoms with Gasteiger partial charge < -0.3 is 19.5 Å². The van der Waals surface area contributed by atoms with Crippen LogP contribution in [0.1, 0.15) is 18.1 Å². The van der Waals surface area contributed by atoms with Crippen molar-refractivity contribution in [1.82, 2.24) is 4.57 Å². The molecule has 0 saturated heterocycles. The van der Waals surface area contributed by atoms with Crippen molar-refractivity contribution in [3.05, 3.63) is 62.2 Å². The van der Waals surface area contributed by atoms with Crippen LogP contribution in [0.4, 0.5) is 5.69 Å². The second-order valence-electron chi connectivity index (χ2n) is 7.92. The summed E-state index contributed by atoms with van der Waals surface area (Å²) < 4.78 is 8.09. The first-order valence-electron chi connectivity index (χ1n) is 9.65. The fourth-order valence-electron chi connectivity index (χ4n) is 4.26. The molecule has 0 aliphatic carbocycles. The van der Waals surface area contributed by atoms with Crippen LogP contribution in [0.5, 0.6) is 11.5 Å². The molecule has 5 nitrogen and oxygen atoms in total. The van der Waals surface area contributed by atoms with Gasteiger partial charge in [-0.25, -0.2) is 0 Å². The largest absolute Gasteiger partial charge is 0.455 e. The molecule has 1 aromatic heterocycles. The van der Waals surface area contributed by atoms with E-state index in [0.717, 1.165) is 40.9 Å². The maximum absolute atomic E-state index is 13.1. The molecule has 5 rings (SSSR count). The Balaban J connectivity index is 1.86. The first-order valence-corrected chi connectivity index (χ1v) is 9.65. The molecule has 0 unspecified atom stereocenters. The van der Waals surface area contributed by atoms with Crippen molar-refractivity contribution in [2.24, 2.45) is 7.05 Å². The van der Waals surface area contributed by atoms with E-state index in [1.807, 2.05) is 50.3 Å². The van der Waals surface area contributed by atoms with Crippen molar-refractivity contribution < 1.29 is 10.1 Å². The molecule has 3 aromatic rings. The van der Waals surface area contributed by atoms with E-state index >= 15 is 0 Å². The van der Waals surface area contributed by atoms with Gasteiger partial charge in [0.15, 0.2) is 0 Å². The van der Waals surface area contributed by atoms with Crippen molar-refractivity contribution in [2.75, 3.05) is 25.5 Å². The van der Waals surface area contributed by atoms with Crippen LogP contribution in [0, 0.1) is 0 Å². The van der Waals surface area contributed by atoms with Crippen molar-refractivity contribution >= 4 is 28.4 Å². The number of fused-ring (bicyclic) bond motifs is 5. The predicted octanol–water partition coefficient (Wildman–Crippen LogP) is 0.787. The second-order valence-corrected chi connectivity index (χ2v) is 7.92. The Bertz CT molecular complexity index is 1330. The zero-order chi connectivity index (χ0) is 19.6. The van der Waals surface area contributed by atoms with Crippen LogP contribution >= 0.6 is 0 Å². The van der Waals surface area contributed by atoms with E-state index in [4.69, 9.17) is 4.74 Å². The van der Waals surface area contributed by atoms with Gasteiger partial charge in [-0.15, -0.1) is 0 Å². The zero-order valence-corrected chi connectivity index (χ0v) is 16.7. The summed E-state index contributed by atoms with van der Waals surface area (Å²) >= 11 is 0. The number of pyridine rings is 1. The maximum Gasteiger partial charge on any atom is 0.261 e. The van der Waals surface area contributed by atoms with Crippen molar-refractivity contribution in [3.8, 4) is 11.5 Å². The molecule has 28 heavy (non-hydrogen) atoms. The summed E-state index contributed by atoms with van der Waals surface area (Å²) in [6.07, 6.45) is 2.98. The summed E-state index contributed by atoms with van der Waals surface area (Å²) in [7, 11) is 5.86. The van der Waals surface area contributed by atoms with Crippen LogP contribution < -0.4 is 31.0 Å². The smallest absolute Gasteiger partial charge is 0.261 e. The SMILES string of the molecule is CC1=c2cc3c(cc2CC[NH2+]1)c1c(c(=O)n3C)=Cc2ccc(N(C)C)cc2O1. The number of nitrogens with zero attached hydrogens (tertiary/aromatic N) is 2. The molecule has 2 N–H and O–H groups in total. The minimum atomic E-state index is -0.0257. The van der Waals surface area contributed by atoms with E-state index in [1.165, 1.54) is 16.5 Å². The van der Waals surface area contributed by atoms with Gasteiger partial charge in [0, 0.05) is 62.4 Å². The summed E-state index contributed by atoms with van der Waals surface area (Å²) in [6.45, 7) is 3.20. The summed E-state index contributed by atoms with van der Waals surface area (Å²) in [5.41, 5.74) is 5.50. The summed E-state index contributed by atoms with van der Waals surface area (Å²) in [4.78, 5) is 15.1. The maximum atomic E-state index is 13.1. The molecule has 0 radical (unpaired) electrons. The Labute approximate surface area is 163 Å². The fourth-order valence-corrected chi connectivity index (χ4v) is 4.26. The minimum absolute atomic E-state index is 0.0257. The van der Waals surface area contributed by atoms with Crippen LogP contribution in [0.2, 0.25) is 0 Å². The van der Waals surface area contributed by atoms with E-state index in [1.54, 1.807) is 4.57 Å². The van der Waals surface area contributed by atoms with Crippen LogP contribution in [-0.4, -0.2) is 25.2 Å². The average molecular weight is 374 g/mol. The summed E-state index contributed by atoms with van der Waals surface area (Å²) in [6, 6.07) is 10.4. The molecule has 2 aliphatic heterocycles. The monoisotopic (exact) mass is 374 g/mol. The summed E-state index contributed by atoms with van der Waals surface area (Å²) in [5, 5.41) is 5.14. The van der Waals surface area contributed by atoms with Gasteiger partial charge >= 0.3 is 0 Å². The lowest BCUT2D eigenvalue weighted by molar-refractivity contribution is -0.567. The van der Waals surface area contributed by atoms with Crippen molar-refractivity contribution in [2.45, 2.75) is 13.3 Å². The lowest BCUT2D eigenvalue weighted by Gasteiger charge is -2.21. The Kier molecular flexibility index (Phi) is 3.64. The highest BCUT2D eigenvalue weighted by molar-refractivity contribution is 5.89. The third kappa shape index (κ3) is 2.39. The molecule has 0 atom stereocenters. The quantitative estimate of drug-likeness (QED) is 0.536. The van der Waals surface area contributed by atoms with Crippen LogP contribution in [0.25, 0.3) is 22.7 Å². The number of hydrogen-bond acceptors (Lipinski definition) is 3. The van der Waals surface area contributed by atoms with E-state index in [-0.39, 0.29) is 5.56 Å². The third-order valence-electron chi connectivity index (χ3n) is 5.92. The number of aromatic nitrogens is 1. The predicted molar refractivity (Wildman–Crippen MR) is 112 cm³/mol. The van der Waals surface area contributed by atoms with Gasteiger partial charge in [-0.2, -0.15) is 0 Å². The normalized spacial score (nSPS) is 14.6. The molecule has 0 bridgehead atoms. The fraction of sp³-hybridized carbons (Fsp3) is 0.261. The highest BCUT2D eigenvalue weighted by Gasteiger charge is 2.21. The molecular weight excluding hydrogens is 350 g/mol. The molecule has 3 heterocycles. The number of hydrogen-bond donors (Lipinski definition) is 1. The summed E-state index contributed by atoms with van der Waals surface area (Å²) in [5.74, 6) is 1.47. The van der Waals surface area contributed by atoms with Gasteiger partial charge in [-0.05, 0) is 35.9 Å². The van der Waals surface area contributed by atoms with Crippen LogP contribution in [-0.2, 0) is 13.5 Å². The Morgan fingerprint density at radius 3 is 2.79 bits per heavy atom. The van der Waals surface area contributed by atoms with E-state index in [9.17, 15) is 4.79 Å². The molecule has 2 aromatic carbocycles. The zero-order valence-electron chi connectivity index (χ0n) is 16.7. The van der Waals surface area contributed by atoms with Gasteiger partial charge in [-0.3, -0.25) is 4.79 Å². The Morgan fingerprint density at radius 1 is 1.18 bits per heavy atom. The first kappa shape index (κ1) is 17.1. The second kappa shape index (κ2) is 5.97. The molecule has 0 fully saturated rings. The minimum Gasteiger partial charge on any atom is -0.455 e. The number of rotatable bonds is 1. The van der Waals surface area contributed by atoms with Gasteiger partial charge in [0.05, 0.1) is 17.3 Å². The van der Waals surface area contributed by atoms with Crippen molar-refractivity contribution in [3.63, 3.8) is 0 Å².